The minimum Gasteiger partial charge on any atom is -0.448 e. The normalized spacial score (nSPS) is 27.3. The van der Waals surface area contributed by atoms with Gasteiger partial charge in [-0.1, -0.05) is 0 Å². The Balaban J connectivity index is 1.93. The Kier molecular flexibility index (Phi) is 3.35. The van der Waals surface area contributed by atoms with Crippen molar-refractivity contribution in [1.82, 2.24) is 9.88 Å². The zero-order valence-electron chi connectivity index (χ0n) is 8.93. The van der Waals surface area contributed by atoms with E-state index in [0.29, 0.717) is 0 Å². The van der Waals surface area contributed by atoms with Crippen LogP contribution in [0.4, 0.5) is 0 Å². The van der Waals surface area contributed by atoms with Crippen LogP contribution in [-0.4, -0.2) is 49.3 Å². The predicted octanol–water partition coefficient (Wildman–Crippen LogP) is 0.0475. The van der Waals surface area contributed by atoms with Gasteiger partial charge in [0.15, 0.2) is 6.39 Å². The molecule has 15 heavy (non-hydrogen) atoms. The molecule has 1 aromatic rings. The van der Waals surface area contributed by atoms with Gasteiger partial charge in [0.1, 0.15) is 5.76 Å². The third kappa shape index (κ3) is 2.37. The third-order valence-electron chi connectivity index (χ3n) is 2.87. The molecular weight excluding hydrogens is 194 g/mol. The van der Waals surface area contributed by atoms with Crippen molar-refractivity contribution in [2.24, 2.45) is 5.73 Å². The lowest BCUT2D eigenvalue weighted by Gasteiger charge is -2.13. The van der Waals surface area contributed by atoms with Gasteiger partial charge in [0, 0.05) is 38.7 Å². The second-order valence-electron chi connectivity index (χ2n) is 3.93. The highest BCUT2D eigenvalue weighted by Crippen LogP contribution is 2.25. The minimum absolute atomic E-state index is 0.134. The van der Waals surface area contributed by atoms with Gasteiger partial charge in [0.05, 0.1) is 12.8 Å². The third-order valence-corrected chi connectivity index (χ3v) is 2.87. The van der Waals surface area contributed by atoms with E-state index in [1.165, 1.54) is 6.39 Å². The first-order valence-corrected chi connectivity index (χ1v) is 5.16. The molecule has 5 nitrogen and oxygen atoms in total. The van der Waals surface area contributed by atoms with Crippen molar-refractivity contribution in [2.75, 3.05) is 33.4 Å². The van der Waals surface area contributed by atoms with E-state index in [2.05, 4.69) is 9.88 Å². The molecule has 0 saturated carbocycles. The number of hydrogen-bond acceptors (Lipinski definition) is 5. The smallest absolute Gasteiger partial charge is 0.180 e. The number of nitrogens with two attached hydrogens (primary N) is 1. The van der Waals surface area contributed by atoms with Gasteiger partial charge in [-0.15, -0.1) is 0 Å². The Morgan fingerprint density at radius 1 is 1.67 bits per heavy atom. The Morgan fingerprint density at radius 2 is 2.53 bits per heavy atom. The summed E-state index contributed by atoms with van der Waals surface area (Å²) in [6.07, 6.45) is 3.21. The van der Waals surface area contributed by atoms with Gasteiger partial charge in [-0.25, -0.2) is 4.98 Å². The SMILES string of the molecule is COCCN1C[C@H](c2cnco2)[C@@H](N)C1. The lowest BCUT2D eigenvalue weighted by atomic mass is 10.0. The fourth-order valence-electron chi connectivity index (χ4n) is 2.03. The largest absolute Gasteiger partial charge is 0.448 e. The number of methoxy groups -OCH3 is 1. The van der Waals surface area contributed by atoms with Crippen LogP contribution < -0.4 is 5.73 Å². The summed E-state index contributed by atoms with van der Waals surface area (Å²) in [5.41, 5.74) is 6.06. The fourth-order valence-corrected chi connectivity index (χ4v) is 2.03. The van der Waals surface area contributed by atoms with Crippen LogP contribution in [-0.2, 0) is 4.74 Å². The van der Waals surface area contributed by atoms with Crippen molar-refractivity contribution in [3.8, 4) is 0 Å². The second-order valence-corrected chi connectivity index (χ2v) is 3.93. The average Bonchev–Trinajstić information content (AvgIpc) is 2.83. The number of oxazole rings is 1. The summed E-state index contributed by atoms with van der Waals surface area (Å²) in [6, 6.07) is 0.134. The Hall–Kier alpha value is -0.910. The first-order valence-electron chi connectivity index (χ1n) is 5.16. The quantitative estimate of drug-likeness (QED) is 0.762. The van der Waals surface area contributed by atoms with Crippen LogP contribution in [0.5, 0.6) is 0 Å². The topological polar surface area (TPSA) is 64.5 Å². The summed E-state index contributed by atoms with van der Waals surface area (Å²) in [7, 11) is 1.71. The van der Waals surface area contributed by atoms with Crippen LogP contribution in [0, 0.1) is 0 Å². The molecule has 2 atom stereocenters. The molecule has 0 unspecified atom stereocenters. The number of nitrogens with zero attached hydrogens (tertiary/aromatic N) is 2. The summed E-state index contributed by atoms with van der Waals surface area (Å²) >= 11 is 0. The van der Waals surface area contributed by atoms with Crippen LogP contribution in [0.3, 0.4) is 0 Å². The maximum atomic E-state index is 6.06. The molecule has 1 fully saturated rings. The van der Waals surface area contributed by atoms with Crippen molar-refractivity contribution in [3.05, 3.63) is 18.4 Å². The van der Waals surface area contributed by atoms with Crippen LogP contribution in [0.2, 0.25) is 0 Å². The maximum Gasteiger partial charge on any atom is 0.180 e. The number of likely N-dealkylation sites (tertiary alicyclic amines) is 1. The molecule has 1 aliphatic rings. The van der Waals surface area contributed by atoms with Crippen molar-refractivity contribution < 1.29 is 9.15 Å². The first kappa shape index (κ1) is 10.6. The Bertz CT molecular complexity index is 289. The van der Waals surface area contributed by atoms with Gasteiger partial charge in [0.25, 0.3) is 0 Å². The molecule has 2 rings (SSSR count). The summed E-state index contributed by atoms with van der Waals surface area (Å²) in [5, 5.41) is 0. The predicted molar refractivity (Wildman–Crippen MR) is 55.5 cm³/mol. The number of hydrogen-bond donors (Lipinski definition) is 1. The van der Waals surface area contributed by atoms with Crippen molar-refractivity contribution in [3.63, 3.8) is 0 Å². The monoisotopic (exact) mass is 211 g/mol. The molecule has 0 amide bonds. The number of rotatable bonds is 4. The lowest BCUT2D eigenvalue weighted by Crippen LogP contribution is -2.30. The van der Waals surface area contributed by atoms with E-state index in [4.69, 9.17) is 14.9 Å². The molecule has 0 aliphatic carbocycles. The zero-order valence-corrected chi connectivity index (χ0v) is 8.93. The maximum absolute atomic E-state index is 6.06. The summed E-state index contributed by atoms with van der Waals surface area (Å²) in [6.45, 7) is 3.50. The van der Waals surface area contributed by atoms with Gasteiger partial charge in [-0.05, 0) is 0 Å². The van der Waals surface area contributed by atoms with E-state index in [0.717, 1.165) is 32.0 Å². The van der Waals surface area contributed by atoms with E-state index in [1.54, 1.807) is 13.3 Å². The van der Waals surface area contributed by atoms with Gasteiger partial charge in [0.2, 0.25) is 0 Å². The summed E-state index contributed by atoms with van der Waals surface area (Å²) in [4.78, 5) is 6.22. The minimum atomic E-state index is 0.134. The van der Waals surface area contributed by atoms with Crippen LogP contribution in [0.15, 0.2) is 17.0 Å². The molecule has 0 bridgehead atoms. The standard InChI is InChI=1S/C10H17N3O2/c1-14-3-2-13-5-8(9(11)6-13)10-4-12-7-15-10/h4,7-9H,2-3,5-6,11H2,1H3/t8-,9-/m0/s1. The van der Waals surface area contributed by atoms with Crippen LogP contribution in [0.25, 0.3) is 0 Å². The van der Waals surface area contributed by atoms with Gasteiger partial charge in [-0.2, -0.15) is 0 Å². The fraction of sp³-hybridized carbons (Fsp3) is 0.700. The Labute approximate surface area is 89.2 Å². The lowest BCUT2D eigenvalue weighted by molar-refractivity contribution is 0.159. The van der Waals surface area contributed by atoms with Crippen molar-refractivity contribution >= 4 is 0 Å². The van der Waals surface area contributed by atoms with Gasteiger partial charge >= 0.3 is 0 Å². The molecule has 84 valence electrons. The molecule has 1 saturated heterocycles. The van der Waals surface area contributed by atoms with Crippen molar-refractivity contribution in [1.29, 1.82) is 0 Å². The summed E-state index contributed by atoms with van der Waals surface area (Å²) in [5.74, 6) is 1.16. The van der Waals surface area contributed by atoms with E-state index in [9.17, 15) is 0 Å². The van der Waals surface area contributed by atoms with Gasteiger partial charge < -0.3 is 14.9 Å². The molecule has 2 N–H and O–H groups in total. The van der Waals surface area contributed by atoms with Crippen LogP contribution in [0.1, 0.15) is 11.7 Å². The average molecular weight is 211 g/mol. The molecule has 0 aromatic carbocycles. The van der Waals surface area contributed by atoms with E-state index >= 15 is 0 Å². The van der Waals surface area contributed by atoms with Crippen molar-refractivity contribution in [2.45, 2.75) is 12.0 Å². The van der Waals surface area contributed by atoms with Gasteiger partial charge in [-0.3, -0.25) is 4.90 Å². The highest BCUT2D eigenvalue weighted by Gasteiger charge is 2.32. The molecule has 1 aromatic heterocycles. The van der Waals surface area contributed by atoms with E-state index < -0.39 is 0 Å². The summed E-state index contributed by atoms with van der Waals surface area (Å²) < 4.78 is 10.3. The van der Waals surface area contributed by atoms with E-state index in [-0.39, 0.29) is 12.0 Å². The van der Waals surface area contributed by atoms with E-state index in [1.807, 2.05) is 0 Å². The Morgan fingerprint density at radius 3 is 3.20 bits per heavy atom. The molecular formula is C10H17N3O2. The zero-order chi connectivity index (χ0) is 10.7. The molecule has 1 aliphatic heterocycles. The van der Waals surface area contributed by atoms with Crippen LogP contribution >= 0.6 is 0 Å². The highest BCUT2D eigenvalue weighted by atomic mass is 16.5. The molecule has 0 radical (unpaired) electrons. The number of aromatic nitrogens is 1. The highest BCUT2D eigenvalue weighted by molar-refractivity contribution is 5.08. The second kappa shape index (κ2) is 4.74. The molecule has 5 heteroatoms. The first-order chi connectivity index (χ1) is 7.31. The number of ether oxygens (including phenoxy) is 1. The molecule has 2 heterocycles. The molecule has 0 spiro atoms.